The number of alkyl halides is 3. The van der Waals surface area contributed by atoms with Crippen LogP contribution < -0.4 is 4.90 Å². The molecule has 0 radical (unpaired) electrons. The molecule has 1 aliphatic heterocycles. The summed E-state index contributed by atoms with van der Waals surface area (Å²) in [6, 6.07) is -0.849. The Labute approximate surface area is 108 Å². The topological polar surface area (TPSA) is 66.3 Å². The van der Waals surface area contributed by atoms with E-state index >= 15 is 0 Å². The van der Waals surface area contributed by atoms with Crippen LogP contribution in [0.4, 0.5) is 18.3 Å². The molecule has 2 heterocycles. The average Bonchev–Trinajstić information content (AvgIpc) is 2.77. The molecule has 1 fully saturated rings. The van der Waals surface area contributed by atoms with Crippen molar-refractivity contribution in [2.75, 3.05) is 23.0 Å². The predicted molar refractivity (Wildman–Crippen MR) is 61.0 cm³/mol. The summed E-state index contributed by atoms with van der Waals surface area (Å²) in [6.07, 6.45) is -4.60. The van der Waals surface area contributed by atoms with Gasteiger partial charge in [0.05, 0.1) is 0 Å². The molecule has 1 unspecified atom stereocenters. The lowest BCUT2D eigenvalue weighted by Gasteiger charge is -2.31. The highest BCUT2D eigenvalue weighted by Crippen LogP contribution is 2.32. The zero-order valence-electron chi connectivity index (χ0n) is 8.85. The summed E-state index contributed by atoms with van der Waals surface area (Å²) >= 11 is 2.03. The lowest BCUT2D eigenvalue weighted by Crippen LogP contribution is -2.47. The van der Waals surface area contributed by atoms with Gasteiger partial charge in [0.2, 0.25) is 11.0 Å². The van der Waals surface area contributed by atoms with Crippen molar-refractivity contribution in [1.29, 1.82) is 0 Å². The Balaban J connectivity index is 2.24. The second-order valence-electron chi connectivity index (χ2n) is 3.52. The summed E-state index contributed by atoms with van der Waals surface area (Å²) in [5, 5.41) is 9.03. The Morgan fingerprint density at radius 2 is 2.22 bits per heavy atom. The maximum atomic E-state index is 12.4. The van der Waals surface area contributed by atoms with E-state index < -0.39 is 24.0 Å². The van der Waals surface area contributed by atoms with E-state index in [4.69, 9.17) is 5.11 Å². The van der Waals surface area contributed by atoms with Gasteiger partial charge >= 0.3 is 12.1 Å². The van der Waals surface area contributed by atoms with E-state index in [-0.39, 0.29) is 5.13 Å². The summed E-state index contributed by atoms with van der Waals surface area (Å²) in [7, 11) is 0. The van der Waals surface area contributed by atoms with Gasteiger partial charge in [0.15, 0.2) is 0 Å². The van der Waals surface area contributed by atoms with Crippen molar-refractivity contribution < 1.29 is 23.1 Å². The molecule has 1 saturated heterocycles. The monoisotopic (exact) mass is 299 g/mol. The van der Waals surface area contributed by atoms with Crippen LogP contribution in [0.3, 0.4) is 0 Å². The fourth-order valence-electron chi connectivity index (χ4n) is 1.48. The molecule has 10 heteroatoms. The number of carboxylic acid groups (broad SMARTS) is 1. The van der Waals surface area contributed by atoms with Crippen LogP contribution in [0.5, 0.6) is 0 Å². The molecule has 0 amide bonds. The van der Waals surface area contributed by atoms with Crippen molar-refractivity contribution in [2.45, 2.75) is 12.2 Å². The molecule has 1 atom stereocenters. The number of rotatable bonds is 2. The molecule has 1 aliphatic rings. The first-order valence-corrected chi connectivity index (χ1v) is 6.80. The van der Waals surface area contributed by atoms with Crippen LogP contribution in [-0.4, -0.2) is 44.5 Å². The molecule has 0 saturated carbocycles. The van der Waals surface area contributed by atoms with E-state index in [1.54, 1.807) is 0 Å². The molecule has 0 bridgehead atoms. The molecule has 0 aromatic carbocycles. The molecular weight excluding hydrogens is 291 g/mol. The van der Waals surface area contributed by atoms with E-state index in [9.17, 15) is 18.0 Å². The molecule has 1 N–H and O–H groups in total. The smallest absolute Gasteiger partial charge is 0.452 e. The van der Waals surface area contributed by atoms with Gasteiger partial charge in [-0.3, -0.25) is 0 Å². The number of hydrogen-bond acceptors (Lipinski definition) is 6. The van der Waals surface area contributed by atoms with Crippen molar-refractivity contribution in [1.82, 2.24) is 9.36 Å². The van der Waals surface area contributed by atoms with E-state index in [2.05, 4.69) is 9.36 Å². The maximum absolute atomic E-state index is 12.4. The number of thioether (sulfide) groups is 1. The van der Waals surface area contributed by atoms with Crippen LogP contribution >= 0.6 is 23.3 Å². The van der Waals surface area contributed by atoms with Crippen LogP contribution in [0.15, 0.2) is 0 Å². The predicted octanol–water partition coefficient (Wildman–Crippen LogP) is 1.56. The molecular formula is C8H8F3N3O2S2. The summed E-state index contributed by atoms with van der Waals surface area (Å²) in [5.41, 5.74) is 0. The third-order valence-electron chi connectivity index (χ3n) is 2.33. The number of halogens is 3. The highest BCUT2D eigenvalue weighted by Gasteiger charge is 2.38. The maximum Gasteiger partial charge on any atom is 0.452 e. The molecule has 18 heavy (non-hydrogen) atoms. The number of aromatic nitrogens is 2. The van der Waals surface area contributed by atoms with Gasteiger partial charge in [-0.2, -0.15) is 34.3 Å². The number of carboxylic acids is 1. The molecule has 1 aromatic rings. The number of anilines is 1. The quantitative estimate of drug-likeness (QED) is 0.894. The van der Waals surface area contributed by atoms with Crippen LogP contribution in [0.2, 0.25) is 0 Å². The second kappa shape index (κ2) is 4.92. The minimum atomic E-state index is -4.60. The van der Waals surface area contributed by atoms with Crippen LogP contribution in [0.1, 0.15) is 5.82 Å². The number of carbonyl (C=O) groups is 1. The Hall–Kier alpha value is -1.03. The fourth-order valence-corrected chi connectivity index (χ4v) is 3.29. The van der Waals surface area contributed by atoms with E-state index in [0.29, 0.717) is 29.6 Å². The van der Waals surface area contributed by atoms with Crippen molar-refractivity contribution >= 4 is 34.4 Å². The van der Waals surface area contributed by atoms with Crippen molar-refractivity contribution in [2.24, 2.45) is 0 Å². The van der Waals surface area contributed by atoms with Gasteiger partial charge in [-0.1, -0.05) is 0 Å². The number of nitrogens with zero attached hydrogens (tertiary/aromatic N) is 3. The summed E-state index contributed by atoms with van der Waals surface area (Å²) in [4.78, 5) is 15.8. The van der Waals surface area contributed by atoms with E-state index in [1.807, 2.05) is 0 Å². The first-order chi connectivity index (χ1) is 8.39. The summed E-state index contributed by atoms with van der Waals surface area (Å²) in [6.45, 7) is 0.355. The molecule has 100 valence electrons. The lowest BCUT2D eigenvalue weighted by atomic mass is 10.3. The van der Waals surface area contributed by atoms with E-state index in [1.165, 1.54) is 16.7 Å². The zero-order valence-corrected chi connectivity index (χ0v) is 10.5. The Morgan fingerprint density at radius 1 is 1.50 bits per heavy atom. The van der Waals surface area contributed by atoms with Gasteiger partial charge in [0.25, 0.3) is 0 Å². The van der Waals surface area contributed by atoms with Gasteiger partial charge in [-0.15, -0.1) is 0 Å². The first kappa shape index (κ1) is 13.4. The lowest BCUT2D eigenvalue weighted by molar-refractivity contribution is -0.144. The first-order valence-electron chi connectivity index (χ1n) is 4.87. The van der Waals surface area contributed by atoms with Gasteiger partial charge in [-0.05, 0) is 0 Å². The standard InChI is InChI=1S/C8H8F3N3O2S2/c9-8(10,11)6-12-7(18-13-6)14-1-2-17-3-4(14)5(15)16/h4H,1-3H2,(H,15,16). The molecule has 0 spiro atoms. The van der Waals surface area contributed by atoms with Crippen molar-refractivity contribution in [3.05, 3.63) is 5.82 Å². The highest BCUT2D eigenvalue weighted by molar-refractivity contribution is 7.99. The Kier molecular flexibility index (Phi) is 3.66. The normalized spacial score (nSPS) is 21.1. The molecule has 1 aromatic heterocycles. The minimum absolute atomic E-state index is 0.00928. The third-order valence-corrected chi connectivity index (χ3v) is 4.10. The summed E-state index contributed by atoms with van der Waals surface area (Å²) < 4.78 is 40.3. The van der Waals surface area contributed by atoms with Crippen LogP contribution in [-0.2, 0) is 11.0 Å². The Morgan fingerprint density at radius 3 is 2.78 bits per heavy atom. The zero-order chi connectivity index (χ0) is 13.3. The van der Waals surface area contributed by atoms with Crippen LogP contribution in [0, 0.1) is 0 Å². The fraction of sp³-hybridized carbons (Fsp3) is 0.625. The van der Waals surface area contributed by atoms with Gasteiger partial charge in [0, 0.05) is 29.6 Å². The minimum Gasteiger partial charge on any atom is -0.480 e. The molecule has 2 rings (SSSR count). The van der Waals surface area contributed by atoms with Crippen molar-refractivity contribution in [3.8, 4) is 0 Å². The van der Waals surface area contributed by atoms with Gasteiger partial charge in [-0.25, -0.2) is 4.79 Å². The molecule has 0 aliphatic carbocycles. The van der Waals surface area contributed by atoms with E-state index in [0.717, 1.165) is 0 Å². The number of aliphatic carboxylic acids is 1. The third kappa shape index (κ3) is 2.69. The highest BCUT2D eigenvalue weighted by atomic mass is 32.2. The summed E-state index contributed by atoms with van der Waals surface area (Å²) in [5.74, 6) is -1.29. The largest absolute Gasteiger partial charge is 0.480 e. The SMILES string of the molecule is O=C(O)C1CSCCN1c1nc(C(F)(F)F)ns1. The Bertz CT molecular complexity index is 451. The van der Waals surface area contributed by atoms with Crippen LogP contribution in [0.25, 0.3) is 0 Å². The molecule has 5 nitrogen and oxygen atoms in total. The second-order valence-corrected chi connectivity index (χ2v) is 5.40. The van der Waals surface area contributed by atoms with Gasteiger partial charge in [0.1, 0.15) is 6.04 Å². The van der Waals surface area contributed by atoms with Gasteiger partial charge < -0.3 is 10.0 Å². The number of hydrogen-bond donors (Lipinski definition) is 1. The average molecular weight is 299 g/mol. The van der Waals surface area contributed by atoms with Crippen molar-refractivity contribution in [3.63, 3.8) is 0 Å².